The van der Waals surface area contributed by atoms with Gasteiger partial charge >= 0.3 is 5.97 Å². The Morgan fingerprint density at radius 1 is 1.29 bits per heavy atom. The minimum absolute atomic E-state index is 0.0734. The molecule has 124 valence electrons. The fourth-order valence-corrected chi connectivity index (χ4v) is 3.04. The fourth-order valence-electron chi connectivity index (χ4n) is 2.15. The number of benzene rings is 1. The molecule has 0 saturated heterocycles. The summed E-state index contributed by atoms with van der Waals surface area (Å²) in [5, 5.41) is 4.77. The van der Waals surface area contributed by atoms with Crippen LogP contribution in [0.3, 0.4) is 0 Å². The average Bonchev–Trinajstić information content (AvgIpc) is 2.96. The van der Waals surface area contributed by atoms with Gasteiger partial charge in [-0.15, -0.1) is 0 Å². The van der Waals surface area contributed by atoms with Crippen LogP contribution in [-0.2, 0) is 22.7 Å². The van der Waals surface area contributed by atoms with E-state index >= 15 is 0 Å². The Morgan fingerprint density at radius 2 is 2.12 bits per heavy atom. The first-order valence-corrected chi connectivity index (χ1v) is 8.00. The standard InChI is InChI=1S/C16H15N3O4S/c1-10-4-3-5-11(6-10)15(21)23-8-12-7-14(20)19-16(17-12)24-13(18-19)9-22-2/h3-7H,8-9H2,1-2H3. The van der Waals surface area contributed by atoms with Crippen LogP contribution in [0.2, 0.25) is 0 Å². The SMILES string of the molecule is COCc1nn2c(=O)cc(COC(=O)c3cccc(C)c3)nc2s1. The van der Waals surface area contributed by atoms with Crippen LogP contribution in [0.4, 0.5) is 0 Å². The lowest BCUT2D eigenvalue weighted by Crippen LogP contribution is -2.16. The third-order valence-electron chi connectivity index (χ3n) is 3.21. The number of hydrogen-bond acceptors (Lipinski definition) is 7. The molecule has 2 aromatic heterocycles. The van der Waals surface area contributed by atoms with Crippen molar-refractivity contribution in [2.24, 2.45) is 0 Å². The van der Waals surface area contributed by atoms with E-state index in [1.807, 2.05) is 13.0 Å². The highest BCUT2D eigenvalue weighted by atomic mass is 32.1. The van der Waals surface area contributed by atoms with Gasteiger partial charge in [0.1, 0.15) is 11.6 Å². The van der Waals surface area contributed by atoms with Crippen molar-refractivity contribution >= 4 is 22.3 Å². The number of methoxy groups -OCH3 is 1. The lowest BCUT2D eigenvalue weighted by molar-refractivity contribution is 0.0467. The maximum atomic E-state index is 12.1. The number of aromatic nitrogens is 3. The first kappa shape index (κ1) is 16.3. The third kappa shape index (κ3) is 3.50. The molecule has 0 atom stereocenters. The van der Waals surface area contributed by atoms with Crippen molar-refractivity contribution in [2.75, 3.05) is 7.11 Å². The molecule has 0 fully saturated rings. The van der Waals surface area contributed by atoms with Gasteiger partial charge in [-0.25, -0.2) is 9.78 Å². The first-order valence-electron chi connectivity index (χ1n) is 7.18. The van der Waals surface area contributed by atoms with Crippen LogP contribution in [0.5, 0.6) is 0 Å². The van der Waals surface area contributed by atoms with Crippen LogP contribution in [0.25, 0.3) is 4.96 Å². The first-order chi connectivity index (χ1) is 11.6. The lowest BCUT2D eigenvalue weighted by atomic mass is 10.1. The highest BCUT2D eigenvalue weighted by Crippen LogP contribution is 2.13. The van der Waals surface area contributed by atoms with E-state index in [1.165, 1.54) is 21.9 Å². The summed E-state index contributed by atoms with van der Waals surface area (Å²) in [6, 6.07) is 8.42. The van der Waals surface area contributed by atoms with E-state index in [1.54, 1.807) is 25.3 Å². The van der Waals surface area contributed by atoms with Crippen molar-refractivity contribution in [3.8, 4) is 0 Å². The number of hydrogen-bond donors (Lipinski definition) is 0. The number of fused-ring (bicyclic) bond motifs is 1. The Bertz CT molecular complexity index is 948. The van der Waals surface area contributed by atoms with Crippen molar-refractivity contribution in [3.05, 3.63) is 62.5 Å². The number of rotatable bonds is 5. The zero-order chi connectivity index (χ0) is 17.1. The van der Waals surface area contributed by atoms with Crippen LogP contribution < -0.4 is 5.56 Å². The Morgan fingerprint density at radius 3 is 2.88 bits per heavy atom. The Balaban J connectivity index is 1.77. The minimum Gasteiger partial charge on any atom is -0.456 e. The molecule has 24 heavy (non-hydrogen) atoms. The molecule has 7 nitrogen and oxygen atoms in total. The summed E-state index contributed by atoms with van der Waals surface area (Å²) in [4.78, 5) is 28.9. The lowest BCUT2D eigenvalue weighted by Gasteiger charge is -2.05. The van der Waals surface area contributed by atoms with Gasteiger partial charge < -0.3 is 9.47 Å². The van der Waals surface area contributed by atoms with E-state index in [9.17, 15) is 9.59 Å². The Labute approximate surface area is 141 Å². The van der Waals surface area contributed by atoms with E-state index in [-0.39, 0.29) is 12.2 Å². The topological polar surface area (TPSA) is 82.8 Å². The van der Waals surface area contributed by atoms with Gasteiger partial charge in [0.15, 0.2) is 0 Å². The summed E-state index contributed by atoms with van der Waals surface area (Å²) in [5.41, 5.74) is 1.50. The molecule has 1 aromatic carbocycles. The van der Waals surface area contributed by atoms with Crippen LogP contribution in [-0.4, -0.2) is 27.7 Å². The maximum Gasteiger partial charge on any atom is 0.338 e. The number of ether oxygens (including phenoxy) is 2. The van der Waals surface area contributed by atoms with Crippen molar-refractivity contribution in [1.29, 1.82) is 0 Å². The molecule has 0 saturated carbocycles. The number of nitrogens with zero attached hydrogens (tertiary/aromatic N) is 3. The summed E-state index contributed by atoms with van der Waals surface area (Å²) < 4.78 is 11.5. The predicted molar refractivity (Wildman–Crippen MR) is 88.1 cm³/mol. The molecular formula is C16H15N3O4S. The van der Waals surface area contributed by atoms with Crippen molar-refractivity contribution in [1.82, 2.24) is 14.6 Å². The normalized spacial score (nSPS) is 10.9. The molecule has 0 radical (unpaired) electrons. The van der Waals surface area contributed by atoms with E-state index in [4.69, 9.17) is 9.47 Å². The van der Waals surface area contributed by atoms with Gasteiger partial charge in [-0.2, -0.15) is 9.61 Å². The molecule has 0 N–H and O–H groups in total. The van der Waals surface area contributed by atoms with Gasteiger partial charge in [0.05, 0.1) is 17.9 Å². The van der Waals surface area contributed by atoms with Crippen LogP contribution >= 0.6 is 11.3 Å². The molecule has 3 aromatic rings. The number of carbonyl (C=O) groups is 1. The van der Waals surface area contributed by atoms with Gasteiger partial charge in [-0.1, -0.05) is 29.0 Å². The van der Waals surface area contributed by atoms with Gasteiger partial charge in [-0.05, 0) is 19.1 Å². The monoisotopic (exact) mass is 345 g/mol. The van der Waals surface area contributed by atoms with Crippen LogP contribution in [0.15, 0.2) is 35.1 Å². The summed E-state index contributed by atoms with van der Waals surface area (Å²) in [6.07, 6.45) is 0. The van der Waals surface area contributed by atoms with Crippen molar-refractivity contribution in [3.63, 3.8) is 0 Å². The molecule has 0 aliphatic heterocycles. The largest absolute Gasteiger partial charge is 0.456 e. The number of carbonyl (C=O) groups excluding carboxylic acids is 1. The second kappa shape index (κ2) is 6.90. The zero-order valence-corrected chi connectivity index (χ0v) is 14.0. The Kier molecular flexibility index (Phi) is 4.68. The summed E-state index contributed by atoms with van der Waals surface area (Å²) in [6.45, 7) is 2.13. The summed E-state index contributed by atoms with van der Waals surface area (Å²) >= 11 is 1.26. The van der Waals surface area contributed by atoms with E-state index in [2.05, 4.69) is 10.1 Å². The van der Waals surface area contributed by atoms with Gasteiger partial charge in [0, 0.05) is 13.2 Å². The fraction of sp³-hybridized carbons (Fsp3) is 0.250. The van der Waals surface area contributed by atoms with Gasteiger partial charge in [0.25, 0.3) is 5.56 Å². The number of aryl methyl sites for hydroxylation is 1. The molecule has 0 bridgehead atoms. The molecular weight excluding hydrogens is 330 g/mol. The molecule has 0 aliphatic rings. The second-order valence-electron chi connectivity index (χ2n) is 5.15. The van der Waals surface area contributed by atoms with Crippen LogP contribution in [0.1, 0.15) is 26.6 Å². The smallest absolute Gasteiger partial charge is 0.338 e. The molecule has 0 unspecified atom stereocenters. The van der Waals surface area contributed by atoms with E-state index in [0.29, 0.717) is 27.8 Å². The van der Waals surface area contributed by atoms with Gasteiger partial charge in [0.2, 0.25) is 4.96 Å². The predicted octanol–water partition coefficient (Wildman–Crippen LogP) is 1.96. The quantitative estimate of drug-likeness (QED) is 0.658. The van der Waals surface area contributed by atoms with E-state index < -0.39 is 5.97 Å². The maximum absolute atomic E-state index is 12.1. The minimum atomic E-state index is -0.454. The second-order valence-corrected chi connectivity index (χ2v) is 6.20. The molecule has 0 aliphatic carbocycles. The number of esters is 1. The third-order valence-corrected chi connectivity index (χ3v) is 4.09. The molecule has 2 heterocycles. The van der Waals surface area contributed by atoms with Gasteiger partial charge in [-0.3, -0.25) is 4.79 Å². The summed E-state index contributed by atoms with van der Waals surface area (Å²) in [5.74, 6) is -0.454. The summed E-state index contributed by atoms with van der Waals surface area (Å²) in [7, 11) is 1.55. The Hall–Kier alpha value is -2.58. The average molecular weight is 345 g/mol. The highest BCUT2D eigenvalue weighted by Gasteiger charge is 2.12. The molecule has 0 amide bonds. The molecule has 8 heteroatoms. The molecule has 0 spiro atoms. The molecule has 3 rings (SSSR count). The van der Waals surface area contributed by atoms with Crippen molar-refractivity contribution < 1.29 is 14.3 Å². The van der Waals surface area contributed by atoms with Crippen molar-refractivity contribution in [2.45, 2.75) is 20.1 Å². The highest BCUT2D eigenvalue weighted by molar-refractivity contribution is 7.16. The zero-order valence-electron chi connectivity index (χ0n) is 13.2. The van der Waals surface area contributed by atoms with E-state index in [0.717, 1.165) is 5.56 Å². The van der Waals surface area contributed by atoms with Crippen LogP contribution in [0, 0.1) is 6.92 Å².